The van der Waals surface area contributed by atoms with E-state index in [0.29, 0.717) is 17.7 Å². The molecule has 0 fully saturated rings. The van der Waals surface area contributed by atoms with E-state index in [9.17, 15) is 9.59 Å². The van der Waals surface area contributed by atoms with E-state index in [0.717, 1.165) is 6.08 Å². The third-order valence-corrected chi connectivity index (χ3v) is 2.09. The number of carbonyl (C=O) groups excluding carboxylic acids is 2. The summed E-state index contributed by atoms with van der Waals surface area (Å²) in [4.78, 5) is 22.1. The summed E-state index contributed by atoms with van der Waals surface area (Å²) < 4.78 is 9.79. The molecule has 0 N–H and O–H groups in total. The molecule has 4 heteroatoms. The lowest BCUT2D eigenvalue weighted by Crippen LogP contribution is -2.07. The zero-order chi connectivity index (χ0) is 12.7. The fourth-order valence-corrected chi connectivity index (χ4v) is 1.16. The zero-order valence-corrected chi connectivity index (χ0v) is 9.64. The average Bonchev–Trinajstić information content (AvgIpc) is 2.38. The van der Waals surface area contributed by atoms with Gasteiger partial charge in [0.25, 0.3) is 0 Å². The molecule has 0 unspecified atom stereocenters. The molecule has 0 aliphatic carbocycles. The normalized spacial score (nSPS) is 9.47. The minimum Gasteiger partial charge on any atom is -0.457 e. The Balaban J connectivity index is 2.48. The van der Waals surface area contributed by atoms with Gasteiger partial charge in [0.05, 0.1) is 0 Å². The van der Waals surface area contributed by atoms with Gasteiger partial charge >= 0.3 is 5.97 Å². The molecular formula is C13H14O4. The summed E-state index contributed by atoms with van der Waals surface area (Å²) in [6.45, 7) is 4.89. The first kappa shape index (κ1) is 13.0. The van der Waals surface area contributed by atoms with Crippen molar-refractivity contribution < 1.29 is 19.1 Å². The smallest absolute Gasteiger partial charge is 0.333 e. The summed E-state index contributed by atoms with van der Waals surface area (Å²) in [7, 11) is 0. The van der Waals surface area contributed by atoms with Crippen molar-refractivity contribution in [3.63, 3.8) is 0 Å². The predicted octanol–water partition coefficient (Wildman–Crippen LogP) is 2.34. The van der Waals surface area contributed by atoms with Gasteiger partial charge in [0.2, 0.25) is 6.79 Å². The van der Waals surface area contributed by atoms with Gasteiger partial charge in [-0.25, -0.2) is 4.79 Å². The Morgan fingerprint density at radius 3 is 2.47 bits per heavy atom. The van der Waals surface area contributed by atoms with E-state index < -0.39 is 5.97 Å². The maximum Gasteiger partial charge on any atom is 0.333 e. The molecular weight excluding hydrogens is 220 g/mol. The van der Waals surface area contributed by atoms with Crippen LogP contribution in [-0.4, -0.2) is 18.5 Å². The Labute approximate surface area is 99.8 Å². The van der Waals surface area contributed by atoms with Gasteiger partial charge in [-0.2, -0.15) is 0 Å². The number of ketones is 1. The predicted molar refractivity (Wildman–Crippen MR) is 62.8 cm³/mol. The lowest BCUT2D eigenvalue weighted by atomic mass is 10.1. The Bertz CT molecular complexity index is 406. The van der Waals surface area contributed by atoms with Crippen molar-refractivity contribution in [1.29, 1.82) is 0 Å². The van der Waals surface area contributed by atoms with E-state index in [-0.39, 0.29) is 12.6 Å². The second kappa shape index (κ2) is 6.48. The Morgan fingerprint density at radius 2 is 1.94 bits per heavy atom. The Kier molecular flexibility index (Phi) is 4.94. The van der Waals surface area contributed by atoms with Crippen molar-refractivity contribution in [2.24, 2.45) is 0 Å². The monoisotopic (exact) mass is 234 g/mol. The average molecular weight is 234 g/mol. The maximum atomic E-state index is 11.3. The molecule has 90 valence electrons. The minimum atomic E-state index is -0.539. The van der Waals surface area contributed by atoms with E-state index in [1.54, 1.807) is 24.3 Å². The standard InChI is InChI=1S/C13H14O4/c1-3-12(14)10-5-7-11(8-6-10)16-9-17-13(15)4-2/h4-8H,2-3,9H2,1H3. The first-order valence-electron chi connectivity index (χ1n) is 5.22. The highest BCUT2D eigenvalue weighted by molar-refractivity contribution is 5.95. The molecule has 0 saturated carbocycles. The van der Waals surface area contributed by atoms with Crippen molar-refractivity contribution in [3.05, 3.63) is 42.5 Å². The highest BCUT2D eigenvalue weighted by Crippen LogP contribution is 2.13. The summed E-state index contributed by atoms with van der Waals surface area (Å²) in [5.74, 6) is 0.0759. The van der Waals surface area contributed by atoms with Gasteiger partial charge in [-0.1, -0.05) is 13.5 Å². The van der Waals surface area contributed by atoms with Crippen LogP contribution in [-0.2, 0) is 9.53 Å². The number of ether oxygens (including phenoxy) is 2. The van der Waals surface area contributed by atoms with Gasteiger partial charge < -0.3 is 9.47 Å². The van der Waals surface area contributed by atoms with Crippen LogP contribution in [0.5, 0.6) is 5.75 Å². The molecule has 1 rings (SSSR count). The molecule has 0 saturated heterocycles. The summed E-state index contributed by atoms with van der Waals surface area (Å²) in [5.41, 5.74) is 0.642. The van der Waals surface area contributed by atoms with Crippen molar-refractivity contribution >= 4 is 11.8 Å². The molecule has 4 nitrogen and oxygen atoms in total. The molecule has 0 atom stereocenters. The van der Waals surface area contributed by atoms with Gasteiger partial charge in [-0.05, 0) is 24.3 Å². The summed E-state index contributed by atoms with van der Waals surface area (Å²) in [6, 6.07) is 6.67. The van der Waals surface area contributed by atoms with Crippen LogP contribution in [0.2, 0.25) is 0 Å². The van der Waals surface area contributed by atoms with Crippen molar-refractivity contribution in [3.8, 4) is 5.75 Å². The molecule has 17 heavy (non-hydrogen) atoms. The molecule has 0 amide bonds. The lowest BCUT2D eigenvalue weighted by molar-refractivity contribution is -0.144. The van der Waals surface area contributed by atoms with Gasteiger partial charge in [-0.15, -0.1) is 0 Å². The van der Waals surface area contributed by atoms with Crippen LogP contribution in [0.3, 0.4) is 0 Å². The van der Waals surface area contributed by atoms with Gasteiger partial charge in [-0.3, -0.25) is 4.79 Å². The fourth-order valence-electron chi connectivity index (χ4n) is 1.16. The van der Waals surface area contributed by atoms with Crippen molar-refractivity contribution in [2.45, 2.75) is 13.3 Å². The highest BCUT2D eigenvalue weighted by atomic mass is 16.7. The third-order valence-electron chi connectivity index (χ3n) is 2.09. The van der Waals surface area contributed by atoms with E-state index in [2.05, 4.69) is 11.3 Å². The highest BCUT2D eigenvalue weighted by Gasteiger charge is 2.03. The van der Waals surface area contributed by atoms with Gasteiger partial charge in [0.1, 0.15) is 5.75 Å². The van der Waals surface area contributed by atoms with Crippen LogP contribution in [0.15, 0.2) is 36.9 Å². The van der Waals surface area contributed by atoms with Crippen LogP contribution < -0.4 is 4.74 Å². The fraction of sp³-hybridized carbons (Fsp3) is 0.231. The Morgan fingerprint density at radius 1 is 1.29 bits per heavy atom. The number of hydrogen-bond donors (Lipinski definition) is 0. The van der Waals surface area contributed by atoms with Crippen LogP contribution in [0.25, 0.3) is 0 Å². The van der Waals surface area contributed by atoms with Gasteiger partial charge in [0.15, 0.2) is 5.78 Å². The number of rotatable bonds is 6. The molecule has 0 radical (unpaired) electrons. The quantitative estimate of drug-likeness (QED) is 0.328. The molecule has 0 aromatic heterocycles. The molecule has 0 heterocycles. The van der Waals surface area contributed by atoms with E-state index in [4.69, 9.17) is 4.74 Å². The van der Waals surface area contributed by atoms with E-state index in [1.807, 2.05) is 6.92 Å². The maximum absolute atomic E-state index is 11.3. The topological polar surface area (TPSA) is 52.6 Å². The second-order valence-corrected chi connectivity index (χ2v) is 3.23. The number of Topliss-reactive ketones (excluding diaryl/α,β-unsaturated/α-hetero) is 1. The van der Waals surface area contributed by atoms with E-state index >= 15 is 0 Å². The number of benzene rings is 1. The molecule has 0 spiro atoms. The minimum absolute atomic E-state index is 0.0784. The second-order valence-electron chi connectivity index (χ2n) is 3.23. The summed E-state index contributed by atoms with van der Waals surface area (Å²) in [5, 5.41) is 0. The SMILES string of the molecule is C=CC(=O)OCOc1ccc(C(=O)CC)cc1. The van der Waals surface area contributed by atoms with Crippen LogP contribution in [0.4, 0.5) is 0 Å². The van der Waals surface area contributed by atoms with Crippen LogP contribution >= 0.6 is 0 Å². The number of hydrogen-bond acceptors (Lipinski definition) is 4. The third kappa shape index (κ3) is 4.10. The molecule has 1 aromatic rings. The molecule has 1 aromatic carbocycles. The molecule has 0 aliphatic heterocycles. The van der Waals surface area contributed by atoms with Crippen molar-refractivity contribution in [1.82, 2.24) is 0 Å². The zero-order valence-electron chi connectivity index (χ0n) is 9.64. The molecule has 0 aliphatic rings. The van der Waals surface area contributed by atoms with Gasteiger partial charge in [0, 0.05) is 18.1 Å². The van der Waals surface area contributed by atoms with Crippen LogP contribution in [0.1, 0.15) is 23.7 Å². The molecule has 0 bridgehead atoms. The van der Waals surface area contributed by atoms with E-state index in [1.165, 1.54) is 0 Å². The van der Waals surface area contributed by atoms with Crippen LogP contribution in [0, 0.1) is 0 Å². The summed E-state index contributed by atoms with van der Waals surface area (Å²) in [6.07, 6.45) is 1.53. The number of carbonyl (C=O) groups is 2. The van der Waals surface area contributed by atoms with Crippen molar-refractivity contribution in [2.75, 3.05) is 6.79 Å². The largest absolute Gasteiger partial charge is 0.457 e. The lowest BCUT2D eigenvalue weighted by Gasteiger charge is -2.06. The number of esters is 1. The Hall–Kier alpha value is -2.10. The first-order chi connectivity index (χ1) is 8.17. The summed E-state index contributed by atoms with van der Waals surface area (Å²) >= 11 is 0. The first-order valence-corrected chi connectivity index (χ1v) is 5.22.